The number of carbonyl (C=O) groups is 2. The van der Waals surface area contributed by atoms with Crippen LogP contribution in [0.1, 0.15) is 41.4 Å². The minimum absolute atomic E-state index is 0.0667. The summed E-state index contributed by atoms with van der Waals surface area (Å²) >= 11 is 0. The van der Waals surface area contributed by atoms with Gasteiger partial charge in [-0.3, -0.25) is 14.5 Å². The van der Waals surface area contributed by atoms with Gasteiger partial charge in [0.05, 0.1) is 18.2 Å². The van der Waals surface area contributed by atoms with Crippen molar-refractivity contribution < 1.29 is 9.59 Å². The van der Waals surface area contributed by atoms with Crippen LogP contribution in [0.2, 0.25) is 0 Å². The van der Waals surface area contributed by atoms with Gasteiger partial charge in [0.1, 0.15) is 5.78 Å². The number of aryl methyl sites for hydroxylation is 2. The number of ketones is 1. The third-order valence-corrected chi connectivity index (χ3v) is 7.00. The van der Waals surface area contributed by atoms with Gasteiger partial charge in [0, 0.05) is 80.0 Å². The summed E-state index contributed by atoms with van der Waals surface area (Å²) in [6.07, 6.45) is 4.65. The predicted molar refractivity (Wildman–Crippen MR) is 136 cm³/mol. The molecule has 0 saturated heterocycles. The molecule has 0 atom stereocenters. The summed E-state index contributed by atoms with van der Waals surface area (Å²) in [5, 5.41) is 17.6. The van der Waals surface area contributed by atoms with Crippen LogP contribution in [0.4, 0.5) is 16.3 Å². The number of aromatic nitrogens is 3. The maximum atomic E-state index is 12.3. The highest BCUT2D eigenvalue weighted by Crippen LogP contribution is 2.40. The van der Waals surface area contributed by atoms with Crippen molar-refractivity contribution in [1.82, 2.24) is 25.0 Å². The Kier molecular flexibility index (Phi) is 6.18. The third-order valence-electron chi connectivity index (χ3n) is 7.00. The second-order valence-electron chi connectivity index (χ2n) is 9.41. The fraction of sp³-hybridized carbons (Fsp3) is 0.370. The Hall–Kier alpha value is -4.19. The molecule has 5 rings (SSSR count). The fourth-order valence-corrected chi connectivity index (χ4v) is 5.25. The number of benzene rings is 1. The highest BCUT2D eigenvalue weighted by Gasteiger charge is 2.31. The van der Waals surface area contributed by atoms with Gasteiger partial charge in [-0.15, -0.1) is 0 Å². The number of amides is 2. The van der Waals surface area contributed by atoms with Gasteiger partial charge in [-0.05, 0) is 43.5 Å². The van der Waals surface area contributed by atoms with E-state index >= 15 is 0 Å². The van der Waals surface area contributed by atoms with Gasteiger partial charge < -0.3 is 15.1 Å². The first-order chi connectivity index (χ1) is 17.4. The van der Waals surface area contributed by atoms with E-state index in [-0.39, 0.29) is 11.8 Å². The van der Waals surface area contributed by atoms with E-state index in [0.29, 0.717) is 25.1 Å². The lowest BCUT2D eigenvalue weighted by molar-refractivity contribution is -0.116. The van der Waals surface area contributed by atoms with E-state index in [1.165, 1.54) is 0 Å². The summed E-state index contributed by atoms with van der Waals surface area (Å²) in [7, 11) is 3.60. The average molecular weight is 484 g/mol. The second-order valence-corrected chi connectivity index (χ2v) is 9.41. The number of hydrogen-bond donors (Lipinski definition) is 1. The number of nitrogens with one attached hydrogen (secondary N) is 1. The van der Waals surface area contributed by atoms with E-state index in [4.69, 9.17) is 5.10 Å². The van der Waals surface area contributed by atoms with Crippen molar-refractivity contribution in [2.24, 2.45) is 7.05 Å². The number of carbonyl (C=O) groups excluding carboxylic acids is 2. The summed E-state index contributed by atoms with van der Waals surface area (Å²) in [5.74, 6) is 0.922. The van der Waals surface area contributed by atoms with Crippen molar-refractivity contribution in [3.63, 3.8) is 0 Å². The molecule has 1 N–H and O–H groups in total. The number of nitrogens with zero attached hydrogens (tertiary/aromatic N) is 6. The molecule has 2 aliphatic rings. The maximum absolute atomic E-state index is 12.3. The molecule has 36 heavy (non-hydrogen) atoms. The van der Waals surface area contributed by atoms with E-state index in [0.717, 1.165) is 71.0 Å². The molecule has 0 bridgehead atoms. The topological polar surface area (TPSA) is 107 Å². The number of nitriles is 1. The zero-order chi connectivity index (χ0) is 25.4. The zero-order valence-corrected chi connectivity index (χ0v) is 20.8. The lowest BCUT2D eigenvalue weighted by Crippen LogP contribution is -2.41. The van der Waals surface area contributed by atoms with E-state index in [1.807, 2.05) is 34.8 Å². The Morgan fingerprint density at radius 3 is 2.72 bits per heavy atom. The molecule has 0 spiro atoms. The van der Waals surface area contributed by atoms with Crippen molar-refractivity contribution in [2.45, 2.75) is 39.2 Å². The van der Waals surface area contributed by atoms with Crippen molar-refractivity contribution >= 4 is 23.3 Å². The van der Waals surface area contributed by atoms with Gasteiger partial charge in [0.2, 0.25) is 0 Å². The van der Waals surface area contributed by atoms with Gasteiger partial charge in [-0.1, -0.05) is 6.07 Å². The van der Waals surface area contributed by atoms with Gasteiger partial charge in [0.15, 0.2) is 5.82 Å². The van der Waals surface area contributed by atoms with Crippen LogP contribution in [0.25, 0.3) is 11.1 Å². The first kappa shape index (κ1) is 23.5. The van der Waals surface area contributed by atoms with Crippen LogP contribution in [-0.2, 0) is 37.6 Å². The van der Waals surface area contributed by atoms with Crippen LogP contribution < -0.4 is 10.2 Å². The molecule has 2 amide bonds. The number of pyridine rings is 1. The van der Waals surface area contributed by atoms with E-state index in [1.54, 1.807) is 20.2 Å². The van der Waals surface area contributed by atoms with Crippen molar-refractivity contribution in [2.75, 3.05) is 25.0 Å². The Labute approximate surface area is 210 Å². The Bertz CT molecular complexity index is 1380. The molecule has 0 fully saturated rings. The molecule has 9 nitrogen and oxygen atoms in total. The van der Waals surface area contributed by atoms with Crippen LogP contribution in [0.3, 0.4) is 0 Å². The zero-order valence-electron chi connectivity index (χ0n) is 20.8. The molecule has 2 aliphatic heterocycles. The second kappa shape index (κ2) is 9.46. The van der Waals surface area contributed by atoms with Crippen LogP contribution in [0.5, 0.6) is 0 Å². The molecule has 0 aliphatic carbocycles. The molecule has 0 saturated carbocycles. The van der Waals surface area contributed by atoms with Crippen LogP contribution >= 0.6 is 0 Å². The largest absolute Gasteiger partial charge is 0.341 e. The first-order valence-corrected chi connectivity index (χ1v) is 12.2. The van der Waals surface area contributed by atoms with Crippen molar-refractivity contribution in [1.29, 1.82) is 5.26 Å². The van der Waals surface area contributed by atoms with Gasteiger partial charge in [-0.25, -0.2) is 4.79 Å². The predicted octanol–water partition coefficient (Wildman–Crippen LogP) is 3.27. The van der Waals surface area contributed by atoms with Gasteiger partial charge in [0.25, 0.3) is 0 Å². The lowest BCUT2D eigenvalue weighted by Gasteiger charge is -2.33. The highest BCUT2D eigenvalue weighted by atomic mass is 16.2. The summed E-state index contributed by atoms with van der Waals surface area (Å²) in [6.45, 7) is 3.50. The molecule has 2 aromatic heterocycles. The van der Waals surface area contributed by atoms with Gasteiger partial charge >= 0.3 is 6.03 Å². The van der Waals surface area contributed by atoms with E-state index < -0.39 is 0 Å². The third kappa shape index (κ3) is 4.19. The number of Topliss-reactive ketones (excluding diaryl/α,β-unsaturated/α-hetero) is 1. The summed E-state index contributed by atoms with van der Waals surface area (Å²) in [5.41, 5.74) is 7.34. The molecular weight excluding hydrogens is 454 g/mol. The Balaban J connectivity index is 1.53. The molecule has 4 heterocycles. The number of rotatable bonds is 4. The Morgan fingerprint density at radius 2 is 2.03 bits per heavy atom. The molecule has 3 aromatic rings. The van der Waals surface area contributed by atoms with Crippen LogP contribution in [0, 0.1) is 11.3 Å². The maximum Gasteiger partial charge on any atom is 0.317 e. The number of fused-ring (bicyclic) bond motifs is 2. The summed E-state index contributed by atoms with van der Waals surface area (Å²) in [4.78, 5) is 32.2. The molecule has 0 radical (unpaired) electrons. The van der Waals surface area contributed by atoms with E-state index in [2.05, 4.69) is 27.3 Å². The monoisotopic (exact) mass is 483 g/mol. The van der Waals surface area contributed by atoms with Crippen molar-refractivity contribution in [3.05, 3.63) is 58.5 Å². The summed E-state index contributed by atoms with van der Waals surface area (Å²) in [6, 6.07) is 10.1. The molecule has 0 unspecified atom stereocenters. The first-order valence-electron chi connectivity index (χ1n) is 12.2. The molecular formula is C27H29N7O2. The Morgan fingerprint density at radius 1 is 1.19 bits per heavy atom. The smallest absolute Gasteiger partial charge is 0.317 e. The number of hydrogen-bond acceptors (Lipinski definition) is 6. The van der Waals surface area contributed by atoms with Crippen molar-refractivity contribution in [3.8, 4) is 17.2 Å². The van der Waals surface area contributed by atoms with Crippen LogP contribution in [-0.4, -0.2) is 51.6 Å². The van der Waals surface area contributed by atoms with Gasteiger partial charge in [-0.2, -0.15) is 10.4 Å². The highest BCUT2D eigenvalue weighted by molar-refractivity contribution is 5.80. The lowest BCUT2D eigenvalue weighted by atomic mass is 9.92. The molecule has 9 heteroatoms. The minimum Gasteiger partial charge on any atom is -0.341 e. The minimum atomic E-state index is -0.0890. The number of anilines is 2. The SMILES string of the molecule is CNC(=O)N1CCc2c(c(N3CCCc4cc(-c5ccc(CC(C)=O)nc5)c(C#N)cc43)nn2C)C1. The summed E-state index contributed by atoms with van der Waals surface area (Å²) < 4.78 is 1.92. The molecule has 1 aromatic carbocycles. The quantitative estimate of drug-likeness (QED) is 0.610. The normalized spacial score (nSPS) is 14.6. The standard InChI is InChI=1S/C27H29N7O2/c1-17(35)11-21-7-6-19(15-30-21)22-12-18-5-4-9-34(25(18)13-20(22)14-28)26-23-16-33(27(36)29-2)10-8-24(23)32(3)31-26/h6-7,12-13,15H,4-5,8-11,16H2,1-3H3,(H,29,36). The van der Waals surface area contributed by atoms with Crippen LogP contribution in [0.15, 0.2) is 30.5 Å². The van der Waals surface area contributed by atoms with E-state index in [9.17, 15) is 14.9 Å². The number of urea groups is 1. The fourth-order valence-electron chi connectivity index (χ4n) is 5.25. The average Bonchev–Trinajstić information content (AvgIpc) is 3.22. The molecule has 184 valence electrons.